The fourth-order valence-electron chi connectivity index (χ4n) is 4.41. The van der Waals surface area contributed by atoms with Crippen molar-refractivity contribution in [1.29, 1.82) is 5.26 Å². The Morgan fingerprint density at radius 3 is 2.40 bits per heavy atom. The number of likely N-dealkylation sites (N-methyl/N-ethyl adjacent to an activating group) is 1. The summed E-state index contributed by atoms with van der Waals surface area (Å²) in [5.41, 5.74) is -0.811. The lowest BCUT2D eigenvalue weighted by Gasteiger charge is -2.51. The largest absolute Gasteiger partial charge is 0.378 e. The van der Waals surface area contributed by atoms with Crippen LogP contribution < -0.4 is 0 Å². The fourth-order valence-corrected chi connectivity index (χ4v) is 4.41. The van der Waals surface area contributed by atoms with Crippen molar-refractivity contribution >= 4 is 11.8 Å². The molecule has 0 aromatic carbocycles. The predicted octanol–water partition coefficient (Wildman–Crippen LogP) is 0.604. The first-order chi connectivity index (χ1) is 12.0. The molecule has 1 saturated carbocycles. The predicted molar refractivity (Wildman–Crippen MR) is 91.6 cm³/mol. The van der Waals surface area contributed by atoms with Gasteiger partial charge in [-0.3, -0.25) is 14.5 Å². The van der Waals surface area contributed by atoms with Gasteiger partial charge in [-0.15, -0.1) is 0 Å². The zero-order valence-electron chi connectivity index (χ0n) is 15.3. The quantitative estimate of drug-likeness (QED) is 0.696. The lowest BCUT2D eigenvalue weighted by Crippen LogP contribution is -2.68. The molecule has 0 aromatic rings. The average molecular weight is 348 g/mol. The Morgan fingerprint density at radius 2 is 1.88 bits per heavy atom. The molecule has 2 amide bonds. The van der Waals surface area contributed by atoms with Crippen LogP contribution in [0.25, 0.3) is 0 Å². The van der Waals surface area contributed by atoms with Gasteiger partial charge in [-0.1, -0.05) is 0 Å². The zero-order valence-corrected chi connectivity index (χ0v) is 15.3. The third-order valence-electron chi connectivity index (χ3n) is 6.50. The molecule has 3 aliphatic rings. The van der Waals surface area contributed by atoms with Crippen molar-refractivity contribution in [3.8, 4) is 6.07 Å². The van der Waals surface area contributed by atoms with Crippen LogP contribution in [0.1, 0.15) is 38.5 Å². The number of hydrogen-bond donors (Lipinski definition) is 0. The van der Waals surface area contributed by atoms with Crippen molar-refractivity contribution in [1.82, 2.24) is 14.7 Å². The van der Waals surface area contributed by atoms with E-state index in [9.17, 15) is 9.59 Å². The normalized spacial score (nSPS) is 25.6. The monoisotopic (exact) mass is 348 g/mol. The standard InChI is InChI=1S/C18H28N4O3/c1-20-12-13-22(11-8-19)16(24)18(20)6-9-21(10-7-18)15(23)14-17(25-2)4-3-5-17/h3-7,9-14H2,1-2H3. The number of ether oxygens (including phenoxy) is 1. The van der Waals surface area contributed by atoms with E-state index < -0.39 is 5.54 Å². The first-order valence-corrected chi connectivity index (χ1v) is 9.17. The molecule has 1 spiro atoms. The summed E-state index contributed by atoms with van der Waals surface area (Å²) in [6.45, 7) is 2.70. The van der Waals surface area contributed by atoms with Gasteiger partial charge in [0.2, 0.25) is 11.8 Å². The van der Waals surface area contributed by atoms with Gasteiger partial charge in [-0.25, -0.2) is 0 Å². The van der Waals surface area contributed by atoms with E-state index in [1.54, 1.807) is 12.0 Å². The third-order valence-corrected chi connectivity index (χ3v) is 6.50. The van der Waals surface area contributed by atoms with Gasteiger partial charge in [0.05, 0.1) is 18.1 Å². The molecule has 0 aromatic heterocycles. The molecule has 3 rings (SSSR count). The van der Waals surface area contributed by atoms with E-state index in [1.165, 1.54) is 0 Å². The summed E-state index contributed by atoms with van der Waals surface area (Å²) in [6.07, 6.45) is 4.75. The zero-order chi connectivity index (χ0) is 18.1. The summed E-state index contributed by atoms with van der Waals surface area (Å²) in [4.78, 5) is 31.2. The van der Waals surface area contributed by atoms with E-state index in [2.05, 4.69) is 11.0 Å². The molecule has 7 nitrogen and oxygen atoms in total. The maximum absolute atomic E-state index is 12.9. The molecule has 2 saturated heterocycles. The molecule has 0 radical (unpaired) electrons. The molecule has 0 atom stereocenters. The second-order valence-electron chi connectivity index (χ2n) is 7.64. The molecule has 138 valence electrons. The molecule has 25 heavy (non-hydrogen) atoms. The van der Waals surface area contributed by atoms with E-state index >= 15 is 0 Å². The minimum Gasteiger partial charge on any atom is -0.378 e. The van der Waals surface area contributed by atoms with Gasteiger partial charge < -0.3 is 14.5 Å². The Balaban J connectivity index is 1.63. The number of likely N-dealkylation sites (tertiary alicyclic amines) is 1. The fraction of sp³-hybridized carbons (Fsp3) is 0.833. The highest BCUT2D eigenvalue weighted by atomic mass is 16.5. The number of piperidine rings is 1. The number of piperazine rings is 1. The van der Waals surface area contributed by atoms with Gasteiger partial charge in [0.1, 0.15) is 12.1 Å². The Bertz CT molecular complexity index is 568. The maximum atomic E-state index is 12.9. The van der Waals surface area contributed by atoms with Crippen LogP contribution in [-0.4, -0.2) is 84.5 Å². The molecule has 0 N–H and O–H groups in total. The summed E-state index contributed by atoms with van der Waals surface area (Å²) in [5, 5.41) is 8.94. The summed E-state index contributed by atoms with van der Waals surface area (Å²) in [6, 6.07) is 2.08. The molecule has 1 aliphatic carbocycles. The van der Waals surface area contributed by atoms with E-state index in [1.807, 2.05) is 11.9 Å². The van der Waals surface area contributed by atoms with Gasteiger partial charge in [-0.05, 0) is 39.2 Å². The summed E-state index contributed by atoms with van der Waals surface area (Å²) in [7, 11) is 3.67. The van der Waals surface area contributed by atoms with Gasteiger partial charge in [0.25, 0.3) is 0 Å². The van der Waals surface area contributed by atoms with E-state index in [4.69, 9.17) is 10.00 Å². The average Bonchev–Trinajstić information content (AvgIpc) is 2.59. The summed E-state index contributed by atoms with van der Waals surface area (Å²) >= 11 is 0. The second kappa shape index (κ2) is 6.93. The molecule has 0 unspecified atom stereocenters. The second-order valence-corrected chi connectivity index (χ2v) is 7.64. The molecule has 0 bridgehead atoms. The van der Waals surface area contributed by atoms with Crippen LogP contribution in [0, 0.1) is 11.3 Å². The van der Waals surface area contributed by atoms with Crippen LogP contribution in [0.3, 0.4) is 0 Å². The molecule has 3 fully saturated rings. The van der Waals surface area contributed by atoms with Crippen LogP contribution in [0.15, 0.2) is 0 Å². The molecule has 2 aliphatic heterocycles. The Kier molecular flexibility index (Phi) is 5.03. The maximum Gasteiger partial charge on any atom is 0.244 e. The number of carbonyl (C=O) groups is 2. The minimum atomic E-state index is -0.554. The van der Waals surface area contributed by atoms with Gasteiger partial charge in [0.15, 0.2) is 0 Å². The smallest absolute Gasteiger partial charge is 0.244 e. The molecule has 7 heteroatoms. The first kappa shape index (κ1) is 18.2. The SMILES string of the molecule is COC1(CC(=O)N2CCC3(CC2)C(=O)N(CC#N)CCN3C)CCC1. The minimum absolute atomic E-state index is 0.0438. The van der Waals surface area contributed by atoms with E-state index in [0.29, 0.717) is 38.9 Å². The summed E-state index contributed by atoms with van der Waals surface area (Å²) in [5.74, 6) is 0.179. The number of carbonyl (C=O) groups excluding carboxylic acids is 2. The van der Waals surface area contributed by atoms with Crippen molar-refractivity contribution in [2.75, 3.05) is 46.9 Å². The van der Waals surface area contributed by atoms with Crippen LogP contribution in [-0.2, 0) is 14.3 Å². The Labute approximate surface area is 149 Å². The van der Waals surface area contributed by atoms with E-state index in [0.717, 1.165) is 25.8 Å². The van der Waals surface area contributed by atoms with Gasteiger partial charge >= 0.3 is 0 Å². The lowest BCUT2D eigenvalue weighted by molar-refractivity contribution is -0.158. The van der Waals surface area contributed by atoms with Crippen molar-refractivity contribution in [2.24, 2.45) is 0 Å². The van der Waals surface area contributed by atoms with Crippen molar-refractivity contribution < 1.29 is 14.3 Å². The Morgan fingerprint density at radius 1 is 1.20 bits per heavy atom. The Hall–Kier alpha value is -1.65. The number of nitriles is 1. The van der Waals surface area contributed by atoms with Crippen LogP contribution in [0.5, 0.6) is 0 Å². The molecular weight excluding hydrogens is 320 g/mol. The molecule has 2 heterocycles. The topological polar surface area (TPSA) is 76.9 Å². The number of methoxy groups -OCH3 is 1. The highest BCUT2D eigenvalue weighted by molar-refractivity contribution is 5.88. The molecular formula is C18H28N4O3. The van der Waals surface area contributed by atoms with Crippen molar-refractivity contribution in [3.63, 3.8) is 0 Å². The number of amides is 2. The highest BCUT2D eigenvalue weighted by Gasteiger charge is 2.50. The van der Waals surface area contributed by atoms with E-state index in [-0.39, 0.29) is 24.0 Å². The van der Waals surface area contributed by atoms with Crippen molar-refractivity contribution in [2.45, 2.75) is 49.7 Å². The van der Waals surface area contributed by atoms with Gasteiger partial charge in [0, 0.05) is 33.3 Å². The highest BCUT2D eigenvalue weighted by Crippen LogP contribution is 2.39. The number of nitrogens with zero attached hydrogens (tertiary/aromatic N) is 4. The van der Waals surface area contributed by atoms with Crippen LogP contribution >= 0.6 is 0 Å². The third kappa shape index (κ3) is 3.13. The van der Waals surface area contributed by atoms with Crippen LogP contribution in [0.4, 0.5) is 0 Å². The first-order valence-electron chi connectivity index (χ1n) is 9.17. The number of hydrogen-bond acceptors (Lipinski definition) is 5. The van der Waals surface area contributed by atoms with Gasteiger partial charge in [-0.2, -0.15) is 5.26 Å². The summed E-state index contributed by atoms with van der Waals surface area (Å²) < 4.78 is 5.57. The van der Waals surface area contributed by atoms with Crippen molar-refractivity contribution in [3.05, 3.63) is 0 Å². The lowest BCUT2D eigenvalue weighted by atomic mass is 9.76. The van der Waals surface area contributed by atoms with Crippen LogP contribution in [0.2, 0.25) is 0 Å². The number of rotatable bonds is 4.